The number of hydrogen-bond acceptors (Lipinski definition) is 3. The van der Waals surface area contributed by atoms with Crippen LogP contribution in [0.15, 0.2) is 18.8 Å². The third-order valence-electron chi connectivity index (χ3n) is 1.66. The summed E-state index contributed by atoms with van der Waals surface area (Å²) in [6.45, 7) is 3.64. The molecule has 0 aromatic carbocycles. The minimum atomic E-state index is 0.264. The summed E-state index contributed by atoms with van der Waals surface area (Å²) in [4.78, 5) is 11.0. The van der Waals surface area contributed by atoms with Gasteiger partial charge in [-0.25, -0.2) is 4.98 Å². The number of anilines is 1. The molecule has 0 saturated heterocycles. The Morgan fingerprint density at radius 1 is 1.50 bits per heavy atom. The molecule has 2 aromatic heterocycles. The molecule has 2 rings (SSSR count). The predicted octanol–water partition coefficient (Wildman–Crippen LogP) is 1.18. The Labute approximate surface area is 69.1 Å². The fourth-order valence-corrected chi connectivity index (χ4v) is 1.14. The Morgan fingerprint density at radius 3 is 3.08 bits per heavy atom. The lowest BCUT2D eigenvalue weighted by molar-refractivity contribution is 1.20. The second-order valence-corrected chi connectivity index (χ2v) is 2.41. The first-order chi connectivity index (χ1) is 5.81. The van der Waals surface area contributed by atoms with Crippen LogP contribution >= 0.6 is 0 Å². The Morgan fingerprint density at radius 2 is 2.33 bits per heavy atom. The smallest absolute Gasteiger partial charge is 0.222 e. The van der Waals surface area contributed by atoms with Crippen molar-refractivity contribution in [2.75, 3.05) is 5.73 Å². The van der Waals surface area contributed by atoms with Crippen molar-refractivity contribution in [2.45, 2.75) is 0 Å². The third kappa shape index (κ3) is 0.852. The van der Waals surface area contributed by atoms with Gasteiger partial charge in [0.1, 0.15) is 5.65 Å². The zero-order chi connectivity index (χ0) is 8.55. The molecule has 4 nitrogen and oxygen atoms in total. The molecule has 0 atom stereocenters. The normalized spacial score (nSPS) is 10.3. The number of nitrogens with zero attached hydrogens (tertiary/aromatic N) is 2. The number of aromatic amines is 1. The molecule has 12 heavy (non-hydrogen) atoms. The molecular weight excluding hydrogens is 152 g/mol. The molecule has 0 aliphatic carbocycles. The summed E-state index contributed by atoms with van der Waals surface area (Å²) < 4.78 is 0. The summed E-state index contributed by atoms with van der Waals surface area (Å²) in [5.41, 5.74) is 6.98. The van der Waals surface area contributed by atoms with E-state index >= 15 is 0 Å². The lowest BCUT2D eigenvalue weighted by atomic mass is 10.3. The number of rotatable bonds is 1. The van der Waals surface area contributed by atoms with Crippen LogP contribution in [-0.4, -0.2) is 15.0 Å². The number of nitrogens with one attached hydrogen (secondary N) is 1. The fraction of sp³-hybridized carbons (Fsp3) is 0. The summed E-state index contributed by atoms with van der Waals surface area (Å²) in [5.74, 6) is 0.264. The van der Waals surface area contributed by atoms with Crippen molar-refractivity contribution in [1.82, 2.24) is 15.0 Å². The number of nitrogen functional groups attached to an aromatic ring is 1. The van der Waals surface area contributed by atoms with Gasteiger partial charge in [0.2, 0.25) is 5.95 Å². The average molecular weight is 160 g/mol. The molecule has 3 N–H and O–H groups in total. The van der Waals surface area contributed by atoms with E-state index in [0.29, 0.717) is 0 Å². The van der Waals surface area contributed by atoms with Gasteiger partial charge in [-0.2, -0.15) is 4.98 Å². The summed E-state index contributed by atoms with van der Waals surface area (Å²) >= 11 is 0. The van der Waals surface area contributed by atoms with E-state index in [2.05, 4.69) is 21.5 Å². The Bertz CT molecular complexity index is 430. The van der Waals surface area contributed by atoms with Crippen LogP contribution in [0.25, 0.3) is 17.1 Å². The van der Waals surface area contributed by atoms with Gasteiger partial charge in [0.15, 0.2) is 0 Å². The molecule has 0 aliphatic heterocycles. The van der Waals surface area contributed by atoms with Gasteiger partial charge in [0, 0.05) is 11.6 Å². The monoisotopic (exact) mass is 160 g/mol. The van der Waals surface area contributed by atoms with Crippen LogP contribution in [0.5, 0.6) is 0 Å². The second kappa shape index (κ2) is 2.34. The van der Waals surface area contributed by atoms with E-state index in [9.17, 15) is 0 Å². The van der Waals surface area contributed by atoms with Crippen LogP contribution in [0, 0.1) is 0 Å². The quantitative estimate of drug-likeness (QED) is 0.658. The van der Waals surface area contributed by atoms with E-state index in [-0.39, 0.29) is 5.95 Å². The first-order valence-electron chi connectivity index (χ1n) is 3.54. The number of aromatic nitrogens is 3. The Kier molecular flexibility index (Phi) is 1.33. The maximum Gasteiger partial charge on any atom is 0.222 e. The average Bonchev–Trinajstić information content (AvgIpc) is 2.50. The maximum absolute atomic E-state index is 5.47. The molecule has 2 aromatic rings. The van der Waals surface area contributed by atoms with Gasteiger partial charge in [-0.15, -0.1) is 0 Å². The maximum atomic E-state index is 5.47. The van der Waals surface area contributed by atoms with E-state index in [1.54, 1.807) is 12.3 Å². The minimum Gasteiger partial charge on any atom is -0.368 e. The molecule has 0 spiro atoms. The molecule has 0 saturated carbocycles. The molecule has 60 valence electrons. The highest BCUT2D eigenvalue weighted by molar-refractivity contribution is 5.84. The van der Waals surface area contributed by atoms with Crippen molar-refractivity contribution >= 4 is 23.1 Å². The molecular formula is C8H8N4. The largest absolute Gasteiger partial charge is 0.368 e. The molecule has 0 fully saturated rings. The first-order valence-corrected chi connectivity index (χ1v) is 3.54. The van der Waals surface area contributed by atoms with E-state index in [1.165, 1.54) is 0 Å². The molecule has 4 heteroatoms. The molecule has 0 bridgehead atoms. The van der Waals surface area contributed by atoms with Crippen LogP contribution in [0.2, 0.25) is 0 Å². The van der Waals surface area contributed by atoms with Crippen molar-refractivity contribution in [3.63, 3.8) is 0 Å². The van der Waals surface area contributed by atoms with Gasteiger partial charge in [-0.3, -0.25) is 0 Å². The van der Waals surface area contributed by atoms with E-state index in [1.807, 2.05) is 6.07 Å². The van der Waals surface area contributed by atoms with Crippen molar-refractivity contribution in [3.05, 3.63) is 24.5 Å². The van der Waals surface area contributed by atoms with Crippen molar-refractivity contribution in [2.24, 2.45) is 0 Å². The van der Waals surface area contributed by atoms with Gasteiger partial charge in [-0.1, -0.05) is 6.58 Å². The van der Waals surface area contributed by atoms with E-state index in [0.717, 1.165) is 16.7 Å². The first kappa shape index (κ1) is 6.84. The van der Waals surface area contributed by atoms with Crippen molar-refractivity contribution in [3.8, 4) is 0 Å². The van der Waals surface area contributed by atoms with Gasteiger partial charge in [0.05, 0.1) is 5.69 Å². The molecule has 0 radical (unpaired) electrons. The Hall–Kier alpha value is -1.84. The van der Waals surface area contributed by atoms with Crippen LogP contribution in [0.1, 0.15) is 5.69 Å². The molecule has 0 amide bonds. The van der Waals surface area contributed by atoms with Crippen LogP contribution in [-0.2, 0) is 0 Å². The minimum absolute atomic E-state index is 0.264. The van der Waals surface area contributed by atoms with E-state index < -0.39 is 0 Å². The summed E-state index contributed by atoms with van der Waals surface area (Å²) in [6.07, 6.45) is 3.46. The molecule has 0 aliphatic rings. The topological polar surface area (TPSA) is 67.6 Å². The van der Waals surface area contributed by atoms with Crippen molar-refractivity contribution < 1.29 is 0 Å². The number of H-pyrrole nitrogens is 1. The Balaban J connectivity index is 2.88. The van der Waals surface area contributed by atoms with E-state index in [4.69, 9.17) is 5.73 Å². The lowest BCUT2D eigenvalue weighted by Crippen LogP contribution is -1.96. The summed E-state index contributed by atoms with van der Waals surface area (Å²) in [6, 6.07) is 1.89. The molecule has 2 heterocycles. The van der Waals surface area contributed by atoms with Crippen molar-refractivity contribution in [1.29, 1.82) is 0 Å². The number of nitrogens with two attached hydrogens (primary N) is 1. The van der Waals surface area contributed by atoms with Gasteiger partial charge >= 0.3 is 0 Å². The highest BCUT2D eigenvalue weighted by Gasteiger charge is 2.02. The third-order valence-corrected chi connectivity index (χ3v) is 1.66. The van der Waals surface area contributed by atoms with Crippen LogP contribution in [0.3, 0.4) is 0 Å². The number of hydrogen-bond donors (Lipinski definition) is 2. The zero-order valence-electron chi connectivity index (χ0n) is 6.41. The fourth-order valence-electron chi connectivity index (χ4n) is 1.14. The summed E-state index contributed by atoms with van der Waals surface area (Å²) in [5, 5.41) is 0.944. The highest BCUT2D eigenvalue weighted by atomic mass is 15.0. The predicted molar refractivity (Wildman–Crippen MR) is 48.4 cm³/mol. The van der Waals surface area contributed by atoms with Gasteiger partial charge in [0.25, 0.3) is 0 Å². The van der Waals surface area contributed by atoms with Crippen LogP contribution in [0.4, 0.5) is 5.95 Å². The SMILES string of the molecule is C=Cc1nc(N)nc2[nH]ccc12. The van der Waals surface area contributed by atoms with Crippen LogP contribution < -0.4 is 5.73 Å². The zero-order valence-corrected chi connectivity index (χ0v) is 6.41. The standard InChI is InChI=1S/C8H8N4/c1-2-6-5-3-4-10-7(5)12-8(9)11-6/h2-4H,1H2,(H3,9,10,11,12). The lowest BCUT2D eigenvalue weighted by Gasteiger charge is -1.96. The van der Waals surface area contributed by atoms with Gasteiger partial charge in [-0.05, 0) is 12.1 Å². The van der Waals surface area contributed by atoms with Gasteiger partial charge < -0.3 is 10.7 Å². The molecule has 0 unspecified atom stereocenters. The highest BCUT2D eigenvalue weighted by Crippen LogP contribution is 2.15. The summed E-state index contributed by atoms with van der Waals surface area (Å²) in [7, 11) is 0. The second-order valence-electron chi connectivity index (χ2n) is 2.41. The number of fused-ring (bicyclic) bond motifs is 1.